The van der Waals surface area contributed by atoms with E-state index in [0.717, 1.165) is 11.3 Å². The lowest BCUT2D eigenvalue weighted by atomic mass is 10.2. The number of benzene rings is 1. The van der Waals surface area contributed by atoms with E-state index in [1.54, 1.807) is 42.5 Å². The van der Waals surface area contributed by atoms with Crippen LogP contribution in [0.1, 0.15) is 16.0 Å². The lowest BCUT2D eigenvalue weighted by molar-refractivity contribution is 0.708. The van der Waals surface area contributed by atoms with Crippen molar-refractivity contribution >= 4 is 23.4 Å². The Morgan fingerprint density at radius 1 is 1.08 bits per heavy atom. The van der Waals surface area contributed by atoms with E-state index in [9.17, 15) is 10.5 Å². The first-order valence-electron chi connectivity index (χ1n) is 6.67. The van der Waals surface area contributed by atoms with Crippen molar-refractivity contribution in [2.24, 2.45) is 9.98 Å². The smallest absolute Gasteiger partial charge is 0.328 e. The highest BCUT2D eigenvalue weighted by atomic mass is 32.1. The van der Waals surface area contributed by atoms with Crippen molar-refractivity contribution in [2.75, 3.05) is 5.73 Å². The van der Waals surface area contributed by atoms with Crippen molar-refractivity contribution in [1.29, 1.82) is 21.0 Å². The second-order valence-electron chi connectivity index (χ2n) is 4.49. The first-order valence-corrected chi connectivity index (χ1v) is 7.48. The molecule has 0 saturated carbocycles. The Morgan fingerprint density at radius 2 is 1.76 bits per heavy atom. The number of hydrogen-bond donors (Lipinski definition) is 1. The maximum Gasteiger partial charge on any atom is 0.328 e. The molecule has 118 valence electrons. The van der Waals surface area contributed by atoms with Crippen LogP contribution in [0.4, 0.5) is 5.82 Å². The van der Waals surface area contributed by atoms with Gasteiger partial charge >= 0.3 is 5.66 Å². The molecule has 9 heteroatoms. The topological polar surface area (TPSA) is 159 Å². The van der Waals surface area contributed by atoms with E-state index in [0.29, 0.717) is 5.56 Å². The molecule has 0 amide bonds. The minimum atomic E-state index is -2.08. The van der Waals surface area contributed by atoms with Crippen LogP contribution in [0.2, 0.25) is 0 Å². The lowest BCUT2D eigenvalue weighted by Crippen LogP contribution is -2.24. The normalized spacial score (nSPS) is 11.3. The highest BCUT2D eigenvalue weighted by Gasteiger charge is 2.28. The third-order valence-corrected chi connectivity index (χ3v) is 3.74. The summed E-state index contributed by atoms with van der Waals surface area (Å²) in [6, 6.07) is 15.9. The number of anilines is 1. The van der Waals surface area contributed by atoms with Crippen LogP contribution in [0, 0.1) is 45.3 Å². The maximum atomic E-state index is 9.36. The van der Waals surface area contributed by atoms with Crippen LogP contribution < -0.4 is 10.5 Å². The van der Waals surface area contributed by atoms with Crippen LogP contribution in [-0.2, 0) is 0 Å². The first-order chi connectivity index (χ1) is 12.1. The average Bonchev–Trinajstić information content (AvgIpc) is 2.65. The molecular weight excluding hydrogens is 336 g/mol. The van der Waals surface area contributed by atoms with Gasteiger partial charge in [0.25, 0.3) is 0 Å². The van der Waals surface area contributed by atoms with Gasteiger partial charge in [-0.3, -0.25) is 0 Å². The summed E-state index contributed by atoms with van der Waals surface area (Å²) >= 11 is 0.750. The van der Waals surface area contributed by atoms with E-state index < -0.39 is 5.66 Å². The Kier molecular flexibility index (Phi) is 5.18. The Bertz CT molecular complexity index is 1040. The molecule has 2 N–H and O–H groups in total. The van der Waals surface area contributed by atoms with Crippen LogP contribution >= 0.6 is 11.3 Å². The van der Waals surface area contributed by atoms with Crippen molar-refractivity contribution in [3.8, 4) is 24.3 Å². The highest BCUT2D eigenvalue weighted by molar-refractivity contribution is 7.09. The van der Waals surface area contributed by atoms with E-state index in [1.165, 1.54) is 6.21 Å². The molecule has 0 unspecified atom stereocenters. The van der Waals surface area contributed by atoms with E-state index in [4.69, 9.17) is 16.3 Å². The first kappa shape index (κ1) is 17.3. The minimum absolute atomic E-state index is 0.00873. The monoisotopic (exact) mass is 344 g/mol. The van der Waals surface area contributed by atoms with Gasteiger partial charge in [-0.25, -0.2) is 9.98 Å². The Hall–Kier alpha value is -4.05. The molecule has 0 aliphatic heterocycles. The molecule has 0 saturated heterocycles. The number of nitrogens with zero attached hydrogens (tertiary/aromatic N) is 7. The van der Waals surface area contributed by atoms with Crippen molar-refractivity contribution in [1.82, 2.24) is 4.98 Å². The van der Waals surface area contributed by atoms with Gasteiger partial charge in [-0.2, -0.15) is 26.0 Å². The Morgan fingerprint density at radius 3 is 2.32 bits per heavy atom. The van der Waals surface area contributed by atoms with Crippen molar-refractivity contribution in [3.05, 3.63) is 51.1 Å². The number of aromatic nitrogens is 1. The second-order valence-corrected chi connectivity index (χ2v) is 5.46. The van der Waals surface area contributed by atoms with Crippen LogP contribution in [-0.4, -0.2) is 16.9 Å². The Balaban J connectivity index is 2.59. The van der Waals surface area contributed by atoms with Crippen LogP contribution in [0.25, 0.3) is 0 Å². The molecule has 0 atom stereocenters. The van der Waals surface area contributed by atoms with Crippen molar-refractivity contribution < 1.29 is 0 Å². The Labute approximate surface area is 146 Å². The van der Waals surface area contributed by atoms with E-state index in [1.807, 2.05) is 12.1 Å². The zero-order valence-electron chi connectivity index (χ0n) is 12.6. The summed E-state index contributed by atoms with van der Waals surface area (Å²) in [6.45, 7) is 0. The second kappa shape index (κ2) is 7.48. The molecule has 0 spiro atoms. The lowest BCUT2D eigenvalue weighted by Gasteiger charge is -2.06. The number of hydrogen-bond acceptors (Lipinski definition) is 9. The van der Waals surface area contributed by atoms with Crippen LogP contribution in [0.15, 0.2) is 40.3 Å². The van der Waals surface area contributed by atoms with Crippen molar-refractivity contribution in [3.63, 3.8) is 0 Å². The predicted octanol–water partition coefficient (Wildman–Crippen LogP) is 1.23. The predicted molar refractivity (Wildman–Crippen MR) is 89.5 cm³/mol. The maximum absolute atomic E-state index is 9.36. The SMILES string of the molecule is N#Cc1s/c(=N/C(C#N)(C#N)/N=C/c2ccccc2)nc(N)c1C#N. The molecule has 0 fully saturated rings. The number of nitrogens with two attached hydrogens (primary N) is 1. The van der Waals surface area contributed by atoms with Gasteiger partial charge in [0.15, 0.2) is 0 Å². The van der Waals surface area contributed by atoms with Gasteiger partial charge in [0.1, 0.15) is 40.5 Å². The zero-order valence-corrected chi connectivity index (χ0v) is 13.4. The van der Waals surface area contributed by atoms with Gasteiger partial charge in [-0.15, -0.1) is 0 Å². The van der Waals surface area contributed by atoms with Crippen LogP contribution in [0.3, 0.4) is 0 Å². The van der Waals surface area contributed by atoms with Crippen molar-refractivity contribution in [2.45, 2.75) is 5.66 Å². The molecule has 0 aliphatic rings. The molecular formula is C16H8N8S. The van der Waals surface area contributed by atoms with Gasteiger partial charge in [0, 0.05) is 6.21 Å². The third kappa shape index (κ3) is 3.83. The zero-order chi connectivity index (χ0) is 18.3. The molecule has 25 heavy (non-hydrogen) atoms. The third-order valence-electron chi connectivity index (χ3n) is 2.88. The average molecular weight is 344 g/mol. The largest absolute Gasteiger partial charge is 0.382 e. The fourth-order valence-electron chi connectivity index (χ4n) is 1.68. The molecule has 1 aromatic heterocycles. The number of aliphatic imine (C=N–C) groups is 1. The molecule has 0 radical (unpaired) electrons. The molecule has 0 bridgehead atoms. The fourth-order valence-corrected chi connectivity index (χ4v) is 2.48. The molecule has 0 aliphatic carbocycles. The van der Waals surface area contributed by atoms with Gasteiger partial charge in [0.2, 0.25) is 4.80 Å². The summed E-state index contributed by atoms with van der Waals surface area (Å²) in [4.78, 5) is 11.6. The van der Waals surface area contributed by atoms with Gasteiger partial charge in [-0.05, 0) is 5.56 Å². The summed E-state index contributed by atoms with van der Waals surface area (Å²) < 4.78 is 0. The summed E-state index contributed by atoms with van der Waals surface area (Å²) in [5, 5.41) is 36.8. The molecule has 1 aromatic carbocycles. The van der Waals surface area contributed by atoms with E-state index in [2.05, 4.69) is 15.0 Å². The van der Waals surface area contributed by atoms with Gasteiger partial charge in [0.05, 0.1) is 0 Å². The van der Waals surface area contributed by atoms with E-state index >= 15 is 0 Å². The summed E-state index contributed by atoms with van der Waals surface area (Å²) in [7, 11) is 0. The summed E-state index contributed by atoms with van der Waals surface area (Å²) in [5.41, 5.74) is 4.17. The van der Waals surface area contributed by atoms with E-state index in [-0.39, 0.29) is 21.1 Å². The molecule has 2 rings (SSSR count). The number of nitriles is 4. The summed E-state index contributed by atoms with van der Waals surface area (Å²) in [6.07, 6.45) is 1.35. The molecule has 8 nitrogen and oxygen atoms in total. The molecule has 1 heterocycles. The number of rotatable bonds is 3. The van der Waals surface area contributed by atoms with Gasteiger partial charge in [-0.1, -0.05) is 41.7 Å². The summed E-state index contributed by atoms with van der Waals surface area (Å²) in [5.74, 6) is -0.201. The van der Waals surface area contributed by atoms with Crippen LogP contribution in [0.5, 0.6) is 0 Å². The highest BCUT2D eigenvalue weighted by Crippen LogP contribution is 2.15. The minimum Gasteiger partial charge on any atom is -0.382 e. The number of nitrogen functional groups attached to an aromatic ring is 1. The molecule has 2 aromatic rings. The quantitative estimate of drug-likeness (QED) is 0.824. The van der Waals surface area contributed by atoms with Gasteiger partial charge < -0.3 is 5.73 Å². The fraction of sp³-hybridized carbons (Fsp3) is 0.0625. The standard InChI is InChI=1S/C16H8N8S/c17-6-12-13(7-18)25-15(23-14(12)21)24-16(9-19,10-20)22-8-11-4-2-1-3-5-11/h1-5,8H,(H2,21,23,24)/b22-8+.